The molecule has 1 rings (SSSR count). The number of nitrogens with two attached hydrogens (primary N) is 2. The lowest BCUT2D eigenvalue weighted by atomic mass is 9.91. The Hall–Kier alpha value is -1.10. The van der Waals surface area contributed by atoms with Crippen LogP contribution in [0.1, 0.15) is 39.5 Å². The smallest absolute Gasteiger partial charge is 0.242 e. The van der Waals surface area contributed by atoms with Crippen molar-refractivity contribution < 1.29 is 9.59 Å². The van der Waals surface area contributed by atoms with Crippen LogP contribution in [-0.2, 0) is 9.59 Å². The summed E-state index contributed by atoms with van der Waals surface area (Å²) in [6, 6.07) is 0. The Labute approximate surface area is 103 Å². The second-order valence-corrected chi connectivity index (χ2v) is 5.18. The molecule has 1 aliphatic rings. The lowest BCUT2D eigenvalue weighted by molar-refractivity contribution is -0.138. The van der Waals surface area contributed by atoms with Crippen LogP contribution in [0.3, 0.4) is 0 Å². The molecule has 5 heteroatoms. The van der Waals surface area contributed by atoms with Gasteiger partial charge in [-0.15, -0.1) is 0 Å². The molecule has 1 heterocycles. The fourth-order valence-electron chi connectivity index (χ4n) is 2.14. The third kappa shape index (κ3) is 3.70. The Kier molecular flexibility index (Phi) is 4.51. The summed E-state index contributed by atoms with van der Waals surface area (Å²) < 4.78 is 0. The van der Waals surface area contributed by atoms with E-state index in [0.29, 0.717) is 31.8 Å². The fourth-order valence-corrected chi connectivity index (χ4v) is 2.14. The summed E-state index contributed by atoms with van der Waals surface area (Å²) in [6.07, 6.45) is 2.74. The molecule has 1 aliphatic heterocycles. The minimum absolute atomic E-state index is 0.0116. The molecule has 1 saturated heterocycles. The molecule has 0 radical (unpaired) electrons. The van der Waals surface area contributed by atoms with Crippen molar-refractivity contribution >= 4 is 11.8 Å². The molecule has 0 bridgehead atoms. The van der Waals surface area contributed by atoms with Gasteiger partial charge in [0.25, 0.3) is 0 Å². The van der Waals surface area contributed by atoms with Crippen LogP contribution in [-0.4, -0.2) is 35.3 Å². The van der Waals surface area contributed by atoms with Gasteiger partial charge in [0, 0.05) is 19.5 Å². The lowest BCUT2D eigenvalue weighted by Crippen LogP contribution is -2.54. The number of carbonyl (C=O) groups excluding carboxylic acids is 2. The molecule has 0 spiro atoms. The van der Waals surface area contributed by atoms with Gasteiger partial charge in [0.2, 0.25) is 11.8 Å². The van der Waals surface area contributed by atoms with Crippen molar-refractivity contribution in [2.45, 2.75) is 45.1 Å². The first kappa shape index (κ1) is 14.0. The topological polar surface area (TPSA) is 89.4 Å². The van der Waals surface area contributed by atoms with E-state index in [4.69, 9.17) is 11.5 Å². The molecule has 98 valence electrons. The first-order valence-corrected chi connectivity index (χ1v) is 6.23. The largest absolute Gasteiger partial charge is 0.370 e. The quantitative estimate of drug-likeness (QED) is 0.738. The molecule has 1 atom stereocenters. The number of primary amides is 1. The van der Waals surface area contributed by atoms with Crippen molar-refractivity contribution in [3.8, 4) is 0 Å². The maximum atomic E-state index is 12.1. The van der Waals surface area contributed by atoms with Crippen LogP contribution in [0.2, 0.25) is 0 Å². The molecule has 0 saturated carbocycles. The van der Waals surface area contributed by atoms with Gasteiger partial charge in [0.15, 0.2) is 0 Å². The van der Waals surface area contributed by atoms with E-state index < -0.39 is 5.54 Å². The third-order valence-electron chi connectivity index (χ3n) is 3.61. The number of nitrogens with zero attached hydrogens (tertiary/aromatic N) is 1. The average Bonchev–Trinajstić information content (AvgIpc) is 2.28. The minimum Gasteiger partial charge on any atom is -0.370 e. The van der Waals surface area contributed by atoms with Gasteiger partial charge in [-0.25, -0.2) is 0 Å². The monoisotopic (exact) mass is 241 g/mol. The second kappa shape index (κ2) is 5.49. The standard InChI is InChI=1S/C12H23N3O2/c1-3-12(2,14)11(17)15-6-4-9(5-7-15)8-10(13)16/h9H,3-8,14H2,1-2H3,(H2,13,16). The van der Waals surface area contributed by atoms with E-state index in [9.17, 15) is 9.59 Å². The van der Waals surface area contributed by atoms with Gasteiger partial charge in [-0.3, -0.25) is 9.59 Å². The molecule has 0 aromatic heterocycles. The summed E-state index contributed by atoms with van der Waals surface area (Å²) in [7, 11) is 0. The van der Waals surface area contributed by atoms with Crippen LogP contribution in [0.4, 0.5) is 0 Å². The molecule has 2 amide bonds. The molecule has 1 unspecified atom stereocenters. The van der Waals surface area contributed by atoms with Gasteiger partial charge in [-0.05, 0) is 32.1 Å². The highest BCUT2D eigenvalue weighted by molar-refractivity contribution is 5.85. The number of carbonyl (C=O) groups is 2. The fraction of sp³-hybridized carbons (Fsp3) is 0.833. The van der Waals surface area contributed by atoms with Crippen LogP contribution in [0, 0.1) is 5.92 Å². The number of rotatable bonds is 4. The Bertz CT molecular complexity index is 294. The van der Waals surface area contributed by atoms with Gasteiger partial charge in [0.05, 0.1) is 5.54 Å². The Morgan fingerprint density at radius 1 is 1.35 bits per heavy atom. The van der Waals surface area contributed by atoms with E-state index in [-0.39, 0.29) is 11.8 Å². The zero-order chi connectivity index (χ0) is 13.1. The summed E-state index contributed by atoms with van der Waals surface area (Å²) in [5, 5.41) is 0. The first-order chi connectivity index (χ1) is 7.86. The Morgan fingerprint density at radius 3 is 2.29 bits per heavy atom. The number of hydrogen-bond donors (Lipinski definition) is 2. The van der Waals surface area contributed by atoms with Crippen LogP contribution in [0.15, 0.2) is 0 Å². The van der Waals surface area contributed by atoms with Gasteiger partial charge >= 0.3 is 0 Å². The van der Waals surface area contributed by atoms with Crippen molar-refractivity contribution in [3.05, 3.63) is 0 Å². The van der Waals surface area contributed by atoms with E-state index in [1.165, 1.54) is 0 Å². The van der Waals surface area contributed by atoms with E-state index >= 15 is 0 Å². The Balaban J connectivity index is 2.47. The second-order valence-electron chi connectivity index (χ2n) is 5.18. The number of hydrogen-bond acceptors (Lipinski definition) is 3. The molecule has 4 N–H and O–H groups in total. The van der Waals surface area contributed by atoms with E-state index in [1.807, 2.05) is 6.92 Å². The van der Waals surface area contributed by atoms with Crippen LogP contribution in [0.25, 0.3) is 0 Å². The molecule has 1 fully saturated rings. The summed E-state index contributed by atoms with van der Waals surface area (Å²) in [5.74, 6) is 0.0757. The number of likely N-dealkylation sites (tertiary alicyclic amines) is 1. The van der Waals surface area contributed by atoms with E-state index in [0.717, 1.165) is 12.8 Å². The molecular formula is C12H23N3O2. The zero-order valence-electron chi connectivity index (χ0n) is 10.7. The molecule has 0 aliphatic carbocycles. The average molecular weight is 241 g/mol. The maximum Gasteiger partial charge on any atom is 0.242 e. The highest BCUT2D eigenvalue weighted by Gasteiger charge is 2.33. The number of amides is 2. The molecule has 5 nitrogen and oxygen atoms in total. The van der Waals surface area contributed by atoms with Crippen molar-refractivity contribution in [1.29, 1.82) is 0 Å². The maximum absolute atomic E-state index is 12.1. The number of piperidine rings is 1. The third-order valence-corrected chi connectivity index (χ3v) is 3.61. The van der Waals surface area contributed by atoms with Gasteiger partial charge < -0.3 is 16.4 Å². The van der Waals surface area contributed by atoms with E-state index in [1.54, 1.807) is 11.8 Å². The first-order valence-electron chi connectivity index (χ1n) is 6.23. The van der Waals surface area contributed by atoms with Crippen LogP contribution >= 0.6 is 0 Å². The summed E-state index contributed by atoms with van der Waals surface area (Å²) in [6.45, 7) is 5.05. The van der Waals surface area contributed by atoms with Gasteiger partial charge in [0.1, 0.15) is 0 Å². The van der Waals surface area contributed by atoms with Crippen molar-refractivity contribution in [1.82, 2.24) is 4.90 Å². The summed E-state index contributed by atoms with van der Waals surface area (Å²) >= 11 is 0. The highest BCUT2D eigenvalue weighted by Crippen LogP contribution is 2.22. The normalized spacial score (nSPS) is 21.0. The molecule has 17 heavy (non-hydrogen) atoms. The van der Waals surface area contributed by atoms with Crippen molar-refractivity contribution in [2.75, 3.05) is 13.1 Å². The summed E-state index contributed by atoms with van der Waals surface area (Å²) in [5.41, 5.74) is 10.3. The Morgan fingerprint density at radius 2 is 1.88 bits per heavy atom. The zero-order valence-corrected chi connectivity index (χ0v) is 10.7. The van der Waals surface area contributed by atoms with Gasteiger partial charge in [-0.1, -0.05) is 6.92 Å². The summed E-state index contributed by atoms with van der Waals surface area (Å²) in [4.78, 5) is 24.7. The van der Waals surface area contributed by atoms with Crippen LogP contribution in [0.5, 0.6) is 0 Å². The molecule has 0 aromatic carbocycles. The molecular weight excluding hydrogens is 218 g/mol. The van der Waals surface area contributed by atoms with Crippen molar-refractivity contribution in [2.24, 2.45) is 17.4 Å². The SMILES string of the molecule is CCC(C)(N)C(=O)N1CCC(CC(N)=O)CC1. The van der Waals surface area contributed by atoms with E-state index in [2.05, 4.69) is 0 Å². The highest BCUT2D eigenvalue weighted by atomic mass is 16.2. The predicted octanol–water partition coefficient (Wildman–Crippen LogP) is 0.228. The van der Waals surface area contributed by atoms with Gasteiger partial charge in [-0.2, -0.15) is 0 Å². The minimum atomic E-state index is -0.767. The lowest BCUT2D eigenvalue weighted by Gasteiger charge is -2.36. The van der Waals surface area contributed by atoms with Crippen molar-refractivity contribution in [3.63, 3.8) is 0 Å². The molecule has 0 aromatic rings. The van der Waals surface area contributed by atoms with Crippen LogP contribution < -0.4 is 11.5 Å². The predicted molar refractivity (Wildman–Crippen MR) is 66.0 cm³/mol.